The van der Waals surface area contributed by atoms with Crippen LogP contribution >= 0.6 is 23.1 Å². The van der Waals surface area contributed by atoms with Crippen LogP contribution in [-0.2, 0) is 19.4 Å². The van der Waals surface area contributed by atoms with Gasteiger partial charge in [0.1, 0.15) is 21.4 Å². The van der Waals surface area contributed by atoms with Gasteiger partial charge in [0.2, 0.25) is 0 Å². The minimum absolute atomic E-state index is 0.782. The van der Waals surface area contributed by atoms with Crippen LogP contribution in [0.3, 0.4) is 0 Å². The van der Waals surface area contributed by atoms with Gasteiger partial charge in [-0.25, -0.2) is 9.97 Å². The summed E-state index contributed by atoms with van der Waals surface area (Å²) in [4.78, 5) is 12.1. The van der Waals surface area contributed by atoms with E-state index in [1.54, 1.807) is 18.0 Å². The fourth-order valence-corrected chi connectivity index (χ4v) is 6.30. The second-order valence-corrected chi connectivity index (χ2v) is 9.05. The van der Waals surface area contributed by atoms with Crippen molar-refractivity contribution in [1.82, 2.24) is 24.7 Å². The molecule has 0 aliphatic heterocycles. The summed E-state index contributed by atoms with van der Waals surface area (Å²) >= 11 is 3.43. The minimum Gasteiger partial charge on any atom is -0.469 e. The molecular formula is C20H21N5OS2. The molecule has 0 saturated heterocycles. The average molecular weight is 412 g/mol. The Bertz CT molecular complexity index is 1170. The van der Waals surface area contributed by atoms with Crippen LogP contribution in [0.15, 0.2) is 26.9 Å². The molecule has 8 heteroatoms. The lowest BCUT2D eigenvalue weighted by Gasteiger charge is -2.12. The fraction of sp³-hybridized carbons (Fsp3) is 0.400. The summed E-state index contributed by atoms with van der Waals surface area (Å²) < 4.78 is 7.59. The van der Waals surface area contributed by atoms with Crippen LogP contribution in [0.1, 0.15) is 41.8 Å². The number of fused-ring (bicyclic) bond motifs is 3. The number of hydrogen-bond donors (Lipinski definition) is 0. The van der Waals surface area contributed by atoms with Gasteiger partial charge in [0, 0.05) is 16.8 Å². The third-order valence-corrected chi connectivity index (χ3v) is 7.37. The highest BCUT2D eigenvalue weighted by atomic mass is 32.2. The van der Waals surface area contributed by atoms with Crippen LogP contribution in [0.2, 0.25) is 0 Å². The number of hydrogen-bond acceptors (Lipinski definition) is 7. The smallest absolute Gasteiger partial charge is 0.197 e. The van der Waals surface area contributed by atoms with Crippen molar-refractivity contribution in [1.29, 1.82) is 0 Å². The molecule has 144 valence electrons. The number of furan rings is 1. The monoisotopic (exact) mass is 411 g/mol. The zero-order valence-corrected chi connectivity index (χ0v) is 17.8. The molecule has 0 fully saturated rings. The van der Waals surface area contributed by atoms with Crippen LogP contribution in [-0.4, -0.2) is 24.7 Å². The molecule has 0 spiro atoms. The van der Waals surface area contributed by atoms with E-state index in [-0.39, 0.29) is 0 Å². The second kappa shape index (κ2) is 7.00. The molecule has 28 heavy (non-hydrogen) atoms. The third kappa shape index (κ3) is 2.86. The Morgan fingerprint density at radius 2 is 2.04 bits per heavy atom. The molecule has 4 heterocycles. The summed E-state index contributed by atoms with van der Waals surface area (Å²) in [5.41, 5.74) is 2.43. The lowest BCUT2D eigenvalue weighted by molar-refractivity contribution is 0.534. The van der Waals surface area contributed by atoms with Gasteiger partial charge in [-0.05, 0) is 69.8 Å². The molecule has 5 rings (SSSR count). The highest BCUT2D eigenvalue weighted by Crippen LogP contribution is 2.41. The van der Waals surface area contributed by atoms with Crippen molar-refractivity contribution in [3.05, 3.63) is 34.4 Å². The third-order valence-electron chi connectivity index (χ3n) is 5.21. The first-order chi connectivity index (χ1) is 13.7. The molecule has 0 amide bonds. The highest BCUT2D eigenvalue weighted by Gasteiger charge is 2.23. The van der Waals surface area contributed by atoms with Gasteiger partial charge in [-0.15, -0.1) is 21.5 Å². The van der Waals surface area contributed by atoms with E-state index in [4.69, 9.17) is 14.4 Å². The molecule has 4 aromatic heterocycles. The van der Waals surface area contributed by atoms with Gasteiger partial charge in [-0.2, -0.15) is 0 Å². The summed E-state index contributed by atoms with van der Waals surface area (Å²) in [5, 5.41) is 12.0. The van der Waals surface area contributed by atoms with E-state index < -0.39 is 0 Å². The fourth-order valence-electron chi connectivity index (χ4n) is 3.85. The zero-order chi connectivity index (χ0) is 19.3. The Hall–Kier alpha value is -2.19. The average Bonchev–Trinajstić information content (AvgIpc) is 3.37. The van der Waals surface area contributed by atoms with Crippen molar-refractivity contribution in [3.63, 3.8) is 0 Å². The van der Waals surface area contributed by atoms with Gasteiger partial charge in [0.25, 0.3) is 0 Å². The van der Waals surface area contributed by atoms with E-state index in [2.05, 4.69) is 21.7 Å². The Morgan fingerprint density at radius 3 is 2.82 bits per heavy atom. The van der Waals surface area contributed by atoms with Gasteiger partial charge in [-0.3, -0.25) is 0 Å². The first-order valence-electron chi connectivity index (χ1n) is 9.60. The van der Waals surface area contributed by atoms with Crippen molar-refractivity contribution in [2.24, 2.45) is 0 Å². The van der Waals surface area contributed by atoms with Crippen molar-refractivity contribution < 1.29 is 4.42 Å². The van der Waals surface area contributed by atoms with E-state index in [1.807, 2.05) is 31.3 Å². The van der Waals surface area contributed by atoms with E-state index in [9.17, 15) is 0 Å². The topological polar surface area (TPSA) is 69.6 Å². The first-order valence-corrected chi connectivity index (χ1v) is 11.2. The minimum atomic E-state index is 0.782. The van der Waals surface area contributed by atoms with Crippen LogP contribution in [0.5, 0.6) is 0 Å². The standard InChI is InChI=1S/C20H21N5OS2/c1-4-25-17(13-9-10-26-11(13)2)23-24-20(25)28-19-16-14-7-5-6-8-15(14)27-18(16)21-12(3)22-19/h9-10H,4-8H2,1-3H3. The maximum atomic E-state index is 5.46. The number of aryl methyl sites for hydroxylation is 4. The normalized spacial score (nSPS) is 14.0. The van der Waals surface area contributed by atoms with Gasteiger partial charge in [0.15, 0.2) is 11.0 Å². The largest absolute Gasteiger partial charge is 0.469 e. The summed E-state index contributed by atoms with van der Waals surface area (Å²) in [6.07, 6.45) is 6.49. The molecule has 0 atom stereocenters. The molecule has 0 bridgehead atoms. The van der Waals surface area contributed by atoms with E-state index in [0.29, 0.717) is 0 Å². The Balaban J connectivity index is 1.62. The molecule has 6 nitrogen and oxygen atoms in total. The Labute approximate surface area is 171 Å². The highest BCUT2D eigenvalue weighted by molar-refractivity contribution is 7.99. The van der Waals surface area contributed by atoms with Gasteiger partial charge >= 0.3 is 0 Å². The van der Waals surface area contributed by atoms with Crippen LogP contribution < -0.4 is 0 Å². The maximum Gasteiger partial charge on any atom is 0.197 e. The van der Waals surface area contributed by atoms with Crippen molar-refractivity contribution in [2.75, 3.05) is 0 Å². The number of thiophene rings is 1. The summed E-state index contributed by atoms with van der Waals surface area (Å²) in [7, 11) is 0. The molecule has 0 saturated carbocycles. The molecule has 4 aromatic rings. The molecule has 0 radical (unpaired) electrons. The maximum absolute atomic E-state index is 5.46. The van der Waals surface area contributed by atoms with E-state index in [1.165, 1.54) is 28.7 Å². The van der Waals surface area contributed by atoms with Crippen molar-refractivity contribution in [2.45, 2.75) is 63.2 Å². The van der Waals surface area contributed by atoms with Gasteiger partial charge < -0.3 is 8.98 Å². The SMILES string of the molecule is CCn1c(Sc2nc(C)nc3sc4c(c23)CCCC4)nnc1-c1ccoc1C. The lowest BCUT2D eigenvalue weighted by Crippen LogP contribution is -2.02. The van der Waals surface area contributed by atoms with Crippen molar-refractivity contribution in [3.8, 4) is 11.4 Å². The summed E-state index contributed by atoms with van der Waals surface area (Å²) in [6, 6.07) is 1.95. The quantitative estimate of drug-likeness (QED) is 0.429. The molecule has 1 aliphatic carbocycles. The van der Waals surface area contributed by atoms with Gasteiger partial charge in [-0.1, -0.05) is 0 Å². The van der Waals surface area contributed by atoms with E-state index in [0.717, 1.165) is 57.4 Å². The molecule has 0 unspecified atom stereocenters. The second-order valence-electron chi connectivity index (χ2n) is 7.01. The number of rotatable bonds is 4. The zero-order valence-electron chi connectivity index (χ0n) is 16.2. The predicted octanol–water partition coefficient (Wildman–Crippen LogP) is 5.21. The summed E-state index contributed by atoms with van der Waals surface area (Å²) in [6.45, 7) is 6.81. The van der Waals surface area contributed by atoms with E-state index >= 15 is 0 Å². The first kappa shape index (κ1) is 17.9. The van der Waals surface area contributed by atoms with Crippen LogP contribution in [0.25, 0.3) is 21.6 Å². The Morgan fingerprint density at radius 1 is 1.18 bits per heavy atom. The molecule has 1 aliphatic rings. The lowest BCUT2D eigenvalue weighted by atomic mass is 9.97. The Kier molecular flexibility index (Phi) is 4.47. The van der Waals surface area contributed by atoms with Crippen LogP contribution in [0.4, 0.5) is 0 Å². The van der Waals surface area contributed by atoms with Crippen LogP contribution in [0, 0.1) is 13.8 Å². The number of nitrogens with zero attached hydrogens (tertiary/aromatic N) is 5. The molecule has 0 aromatic carbocycles. The summed E-state index contributed by atoms with van der Waals surface area (Å²) in [5.74, 6) is 2.50. The van der Waals surface area contributed by atoms with Gasteiger partial charge in [0.05, 0.1) is 11.8 Å². The predicted molar refractivity (Wildman–Crippen MR) is 111 cm³/mol. The van der Waals surface area contributed by atoms with Crippen molar-refractivity contribution >= 4 is 33.3 Å². The molecular weight excluding hydrogens is 390 g/mol. The number of aromatic nitrogens is 5. The molecule has 0 N–H and O–H groups in total.